The topological polar surface area (TPSA) is 37.8 Å². The van der Waals surface area contributed by atoms with Crippen LogP contribution in [0.2, 0.25) is 0 Å². The third-order valence-electron chi connectivity index (χ3n) is 3.31. The highest BCUT2D eigenvalue weighted by Gasteiger charge is 2.19. The first-order valence-electron chi connectivity index (χ1n) is 5.93. The molecule has 0 unspecified atom stereocenters. The number of aromatic nitrogens is 2. The number of thiophene rings is 1. The van der Waals surface area contributed by atoms with Crippen LogP contribution in [-0.2, 0) is 0 Å². The van der Waals surface area contributed by atoms with Crippen LogP contribution >= 0.6 is 11.3 Å². The molecule has 0 amide bonds. The number of nitrogens with zero attached hydrogens (tertiary/aromatic N) is 2. The first-order valence-corrected chi connectivity index (χ1v) is 6.75. The maximum atomic E-state index is 4.40. The molecule has 0 saturated heterocycles. The lowest BCUT2D eigenvalue weighted by molar-refractivity contribution is 0.545. The zero-order valence-electron chi connectivity index (χ0n) is 11.1. The Morgan fingerprint density at radius 3 is 2.65 bits per heavy atom. The molecule has 2 heterocycles. The lowest BCUT2D eigenvalue weighted by Crippen LogP contribution is -2.30. The normalized spacial score (nSPS) is 12.1. The van der Waals surface area contributed by atoms with Gasteiger partial charge in [0.25, 0.3) is 0 Å². The van der Waals surface area contributed by atoms with Gasteiger partial charge in [-0.05, 0) is 39.7 Å². The molecular formula is C13H19N3S. The quantitative estimate of drug-likeness (QED) is 0.896. The fourth-order valence-corrected chi connectivity index (χ4v) is 2.68. The Balaban J connectivity index is 2.54. The Labute approximate surface area is 106 Å². The zero-order chi connectivity index (χ0) is 12.6. The van der Waals surface area contributed by atoms with Crippen LogP contribution in [0.15, 0.2) is 6.33 Å². The summed E-state index contributed by atoms with van der Waals surface area (Å²) in [6.07, 6.45) is 2.70. The van der Waals surface area contributed by atoms with Crippen LogP contribution < -0.4 is 5.32 Å². The molecule has 1 N–H and O–H groups in total. The molecule has 0 spiro atoms. The second-order valence-electron chi connectivity index (χ2n) is 5.05. The molecule has 2 aromatic heterocycles. The van der Waals surface area contributed by atoms with Crippen molar-refractivity contribution in [3.8, 4) is 0 Å². The molecule has 92 valence electrons. The van der Waals surface area contributed by atoms with Gasteiger partial charge >= 0.3 is 0 Å². The van der Waals surface area contributed by atoms with Crippen molar-refractivity contribution >= 4 is 27.4 Å². The summed E-state index contributed by atoms with van der Waals surface area (Å²) >= 11 is 1.74. The van der Waals surface area contributed by atoms with Crippen molar-refractivity contribution in [2.45, 2.75) is 46.6 Å². The molecule has 0 bridgehead atoms. The minimum Gasteiger partial charge on any atom is -0.365 e. The van der Waals surface area contributed by atoms with Crippen LogP contribution in [-0.4, -0.2) is 15.5 Å². The Morgan fingerprint density at radius 2 is 2.00 bits per heavy atom. The summed E-state index contributed by atoms with van der Waals surface area (Å²) in [4.78, 5) is 11.1. The van der Waals surface area contributed by atoms with Crippen LogP contribution in [0, 0.1) is 13.8 Å². The highest BCUT2D eigenvalue weighted by Crippen LogP contribution is 2.33. The van der Waals surface area contributed by atoms with E-state index < -0.39 is 0 Å². The molecular weight excluding hydrogens is 230 g/mol. The average molecular weight is 249 g/mol. The number of hydrogen-bond acceptors (Lipinski definition) is 4. The van der Waals surface area contributed by atoms with Gasteiger partial charge in [-0.15, -0.1) is 11.3 Å². The van der Waals surface area contributed by atoms with Gasteiger partial charge in [-0.25, -0.2) is 9.97 Å². The molecule has 0 aromatic carbocycles. The number of hydrogen-bond donors (Lipinski definition) is 1. The molecule has 0 aliphatic rings. The summed E-state index contributed by atoms with van der Waals surface area (Å²) in [6, 6.07) is 0. The van der Waals surface area contributed by atoms with E-state index in [2.05, 4.69) is 49.9 Å². The number of fused-ring (bicyclic) bond motifs is 1. The molecule has 0 fully saturated rings. The Hall–Kier alpha value is -1.16. The van der Waals surface area contributed by atoms with Crippen molar-refractivity contribution < 1.29 is 0 Å². The van der Waals surface area contributed by atoms with E-state index in [1.165, 1.54) is 15.8 Å². The SMILES string of the molecule is CCC(C)(C)Nc1ncnc2sc(C)c(C)c12. The van der Waals surface area contributed by atoms with E-state index in [-0.39, 0.29) is 5.54 Å². The Morgan fingerprint density at radius 1 is 1.29 bits per heavy atom. The first-order chi connectivity index (χ1) is 7.94. The summed E-state index contributed by atoms with van der Waals surface area (Å²) in [5, 5.41) is 4.70. The van der Waals surface area contributed by atoms with Crippen molar-refractivity contribution in [3.63, 3.8) is 0 Å². The van der Waals surface area contributed by atoms with Gasteiger partial charge in [0.05, 0.1) is 5.39 Å². The van der Waals surface area contributed by atoms with Crippen LogP contribution in [0.5, 0.6) is 0 Å². The standard InChI is InChI=1S/C13H19N3S/c1-6-13(4,5)16-11-10-8(2)9(3)17-12(10)15-7-14-11/h7H,6H2,1-5H3,(H,14,15,16). The third kappa shape index (κ3) is 2.27. The largest absolute Gasteiger partial charge is 0.365 e. The number of rotatable bonds is 3. The highest BCUT2D eigenvalue weighted by molar-refractivity contribution is 7.18. The first kappa shape index (κ1) is 12.3. The summed E-state index contributed by atoms with van der Waals surface area (Å²) in [5.41, 5.74) is 1.35. The van der Waals surface area contributed by atoms with Crippen LogP contribution in [0.4, 0.5) is 5.82 Å². The van der Waals surface area contributed by atoms with E-state index in [1.54, 1.807) is 17.7 Å². The second kappa shape index (κ2) is 4.26. The van der Waals surface area contributed by atoms with Gasteiger partial charge in [0, 0.05) is 10.4 Å². The van der Waals surface area contributed by atoms with Gasteiger partial charge < -0.3 is 5.32 Å². The molecule has 2 aromatic rings. The lowest BCUT2D eigenvalue weighted by atomic mass is 10.0. The summed E-state index contributed by atoms with van der Waals surface area (Å²) in [6.45, 7) is 10.8. The fourth-order valence-electron chi connectivity index (χ4n) is 1.69. The van der Waals surface area contributed by atoms with Crippen LogP contribution in [0.3, 0.4) is 0 Å². The number of nitrogens with one attached hydrogen (secondary N) is 1. The zero-order valence-corrected chi connectivity index (χ0v) is 11.9. The predicted octanol–water partition coefficient (Wildman–Crippen LogP) is 3.91. The summed E-state index contributed by atoms with van der Waals surface area (Å²) in [7, 11) is 0. The van der Waals surface area contributed by atoms with Gasteiger partial charge in [0.2, 0.25) is 0 Å². The molecule has 2 rings (SSSR count). The molecule has 0 aliphatic carbocycles. The molecule has 0 atom stereocenters. The van der Waals surface area contributed by atoms with Gasteiger partial charge in [0.15, 0.2) is 0 Å². The van der Waals surface area contributed by atoms with E-state index in [0.29, 0.717) is 0 Å². The molecule has 0 aliphatic heterocycles. The summed E-state index contributed by atoms with van der Waals surface area (Å²) in [5.74, 6) is 0.962. The van der Waals surface area contributed by atoms with E-state index in [1.807, 2.05) is 0 Å². The monoisotopic (exact) mass is 249 g/mol. The maximum absolute atomic E-state index is 4.40. The van der Waals surface area contributed by atoms with Crippen molar-refractivity contribution in [2.24, 2.45) is 0 Å². The lowest BCUT2D eigenvalue weighted by Gasteiger charge is -2.25. The molecule has 3 nitrogen and oxygen atoms in total. The maximum Gasteiger partial charge on any atom is 0.138 e. The van der Waals surface area contributed by atoms with Crippen molar-refractivity contribution in [1.29, 1.82) is 0 Å². The van der Waals surface area contributed by atoms with E-state index in [4.69, 9.17) is 0 Å². The molecule has 4 heteroatoms. The second-order valence-corrected chi connectivity index (χ2v) is 6.25. The van der Waals surface area contributed by atoms with Crippen molar-refractivity contribution in [3.05, 3.63) is 16.8 Å². The molecule has 0 saturated carbocycles. The third-order valence-corrected chi connectivity index (χ3v) is 4.42. The highest BCUT2D eigenvalue weighted by atomic mass is 32.1. The van der Waals surface area contributed by atoms with Crippen LogP contribution in [0.25, 0.3) is 10.2 Å². The van der Waals surface area contributed by atoms with E-state index in [0.717, 1.165) is 17.1 Å². The van der Waals surface area contributed by atoms with Crippen molar-refractivity contribution in [2.75, 3.05) is 5.32 Å². The van der Waals surface area contributed by atoms with E-state index >= 15 is 0 Å². The van der Waals surface area contributed by atoms with Gasteiger partial charge in [-0.1, -0.05) is 6.92 Å². The van der Waals surface area contributed by atoms with Gasteiger partial charge in [-0.3, -0.25) is 0 Å². The minimum absolute atomic E-state index is 0.0591. The molecule has 0 radical (unpaired) electrons. The van der Waals surface area contributed by atoms with E-state index in [9.17, 15) is 0 Å². The number of anilines is 1. The minimum atomic E-state index is 0.0591. The molecule has 17 heavy (non-hydrogen) atoms. The fraction of sp³-hybridized carbons (Fsp3) is 0.538. The predicted molar refractivity (Wildman–Crippen MR) is 74.9 cm³/mol. The number of aryl methyl sites for hydroxylation is 2. The van der Waals surface area contributed by atoms with Crippen LogP contribution in [0.1, 0.15) is 37.6 Å². The smallest absolute Gasteiger partial charge is 0.138 e. The Bertz CT molecular complexity index is 543. The summed E-state index contributed by atoms with van der Waals surface area (Å²) < 4.78 is 0. The van der Waals surface area contributed by atoms with Gasteiger partial charge in [-0.2, -0.15) is 0 Å². The Kier molecular flexibility index (Phi) is 3.08. The average Bonchev–Trinajstić information content (AvgIpc) is 2.56. The van der Waals surface area contributed by atoms with Gasteiger partial charge in [0.1, 0.15) is 17.0 Å². The van der Waals surface area contributed by atoms with Crippen molar-refractivity contribution in [1.82, 2.24) is 9.97 Å².